The van der Waals surface area contributed by atoms with Crippen LogP contribution >= 0.6 is 23.2 Å². The molecule has 2 aromatic rings. The number of carbonyl (C=O) groups is 1. The summed E-state index contributed by atoms with van der Waals surface area (Å²) < 4.78 is 13.9. The number of rotatable bonds is 4. The number of benzene rings is 2. The maximum Gasteiger partial charge on any atom is 0.282 e. The van der Waals surface area contributed by atoms with E-state index in [1.807, 2.05) is 17.9 Å². The molecule has 1 fully saturated rings. The van der Waals surface area contributed by atoms with Crippen molar-refractivity contribution in [2.45, 2.75) is 13.0 Å². The zero-order chi connectivity index (χ0) is 18.7. The van der Waals surface area contributed by atoms with Crippen molar-refractivity contribution in [3.05, 3.63) is 58.3 Å². The molecule has 0 bridgehead atoms. The van der Waals surface area contributed by atoms with Gasteiger partial charge >= 0.3 is 0 Å². The molecule has 2 aromatic carbocycles. The number of quaternary nitrogens is 1. The minimum Gasteiger partial charge on any atom is -0.358 e. The summed E-state index contributed by atoms with van der Waals surface area (Å²) in [6.45, 7) is 4.83. The third-order valence-corrected chi connectivity index (χ3v) is 5.34. The first-order chi connectivity index (χ1) is 12.5. The number of piperazine rings is 1. The monoisotopic (exact) mass is 396 g/mol. The lowest BCUT2D eigenvalue weighted by atomic mass is 10.2. The first kappa shape index (κ1) is 19.0. The van der Waals surface area contributed by atoms with Gasteiger partial charge in [-0.3, -0.25) is 4.79 Å². The van der Waals surface area contributed by atoms with E-state index in [4.69, 9.17) is 23.2 Å². The van der Waals surface area contributed by atoms with Crippen LogP contribution in [0.25, 0.3) is 0 Å². The Kier molecular flexibility index (Phi) is 6.01. The van der Waals surface area contributed by atoms with E-state index in [-0.39, 0.29) is 17.8 Å². The number of halogens is 3. The molecule has 0 spiro atoms. The molecule has 1 aliphatic heterocycles. The van der Waals surface area contributed by atoms with Crippen LogP contribution in [0.3, 0.4) is 0 Å². The molecule has 1 atom stereocenters. The number of nitrogens with one attached hydrogen (secondary N) is 2. The van der Waals surface area contributed by atoms with Crippen molar-refractivity contribution in [2.75, 3.05) is 36.4 Å². The van der Waals surface area contributed by atoms with Gasteiger partial charge in [0, 0.05) is 5.02 Å². The Hall–Kier alpha value is -1.82. The number of nitrogens with zero attached hydrogens (tertiary/aromatic N) is 1. The molecule has 1 saturated heterocycles. The number of hydrogen-bond acceptors (Lipinski definition) is 2. The Balaban J connectivity index is 1.58. The van der Waals surface area contributed by atoms with Gasteiger partial charge in [0.05, 0.1) is 42.6 Å². The average molecular weight is 397 g/mol. The minimum absolute atomic E-state index is 0.0939. The highest BCUT2D eigenvalue weighted by Gasteiger charge is 2.30. The third-order valence-electron chi connectivity index (χ3n) is 4.79. The van der Waals surface area contributed by atoms with Crippen molar-refractivity contribution in [1.29, 1.82) is 0 Å². The molecular weight excluding hydrogens is 376 g/mol. The number of hydrogen-bond donors (Lipinski definition) is 2. The van der Waals surface area contributed by atoms with E-state index in [0.29, 0.717) is 34.5 Å². The van der Waals surface area contributed by atoms with Crippen molar-refractivity contribution >= 4 is 40.5 Å². The van der Waals surface area contributed by atoms with Crippen LogP contribution in [-0.4, -0.2) is 38.1 Å². The largest absolute Gasteiger partial charge is 0.358 e. The Labute approximate surface area is 162 Å². The van der Waals surface area contributed by atoms with Crippen LogP contribution in [0.1, 0.15) is 6.92 Å². The van der Waals surface area contributed by atoms with Gasteiger partial charge in [0.15, 0.2) is 6.04 Å². The number of carbonyl (C=O) groups excluding carboxylic acids is 1. The van der Waals surface area contributed by atoms with Gasteiger partial charge in [-0.1, -0.05) is 35.3 Å². The molecule has 1 aliphatic rings. The molecule has 0 radical (unpaired) electrons. The van der Waals surface area contributed by atoms with E-state index in [0.717, 1.165) is 13.1 Å². The summed E-state index contributed by atoms with van der Waals surface area (Å²) in [7, 11) is 0. The highest BCUT2D eigenvalue weighted by Crippen LogP contribution is 2.25. The molecule has 0 aliphatic carbocycles. The smallest absolute Gasteiger partial charge is 0.282 e. The maximum absolute atomic E-state index is 13.9. The van der Waals surface area contributed by atoms with Gasteiger partial charge in [-0.25, -0.2) is 4.39 Å². The number of amides is 1. The molecule has 4 nitrogen and oxygen atoms in total. The fraction of sp³-hybridized carbons (Fsp3) is 0.316. The molecular formula is C19H21Cl2FN3O+. The van der Waals surface area contributed by atoms with Crippen LogP contribution in [0.15, 0.2) is 42.5 Å². The summed E-state index contributed by atoms with van der Waals surface area (Å²) in [4.78, 5) is 15.8. The summed E-state index contributed by atoms with van der Waals surface area (Å²) in [6, 6.07) is 11.5. The zero-order valence-electron chi connectivity index (χ0n) is 14.4. The van der Waals surface area contributed by atoms with E-state index in [1.165, 1.54) is 11.0 Å². The van der Waals surface area contributed by atoms with Crippen LogP contribution in [0.4, 0.5) is 15.8 Å². The number of anilines is 2. The number of para-hydroxylation sites is 1. The molecule has 1 amide bonds. The SMILES string of the molecule is C[C@H](C(=O)Nc1ccc(Cl)cc1Cl)[NH+]1CCN(c2ccccc2F)CC1. The summed E-state index contributed by atoms with van der Waals surface area (Å²) in [5.41, 5.74) is 1.17. The zero-order valence-corrected chi connectivity index (χ0v) is 15.9. The van der Waals surface area contributed by atoms with Crippen LogP contribution in [0.5, 0.6) is 0 Å². The highest BCUT2D eigenvalue weighted by atomic mass is 35.5. The predicted molar refractivity (Wildman–Crippen MR) is 104 cm³/mol. The topological polar surface area (TPSA) is 36.8 Å². The Morgan fingerprint density at radius 1 is 1.19 bits per heavy atom. The van der Waals surface area contributed by atoms with Crippen molar-refractivity contribution < 1.29 is 14.1 Å². The first-order valence-electron chi connectivity index (χ1n) is 8.55. The van der Waals surface area contributed by atoms with E-state index >= 15 is 0 Å². The quantitative estimate of drug-likeness (QED) is 0.833. The molecule has 1 heterocycles. The molecule has 0 unspecified atom stereocenters. The lowest BCUT2D eigenvalue weighted by molar-refractivity contribution is -0.914. The molecule has 26 heavy (non-hydrogen) atoms. The average Bonchev–Trinajstić information content (AvgIpc) is 2.64. The fourth-order valence-electron chi connectivity index (χ4n) is 3.19. The highest BCUT2D eigenvalue weighted by molar-refractivity contribution is 6.36. The molecule has 0 aromatic heterocycles. The third kappa shape index (κ3) is 4.29. The Bertz CT molecular complexity index is 794. The van der Waals surface area contributed by atoms with Crippen LogP contribution in [-0.2, 0) is 4.79 Å². The Morgan fingerprint density at radius 3 is 2.54 bits per heavy atom. The van der Waals surface area contributed by atoms with Crippen molar-refractivity contribution in [3.8, 4) is 0 Å². The second kappa shape index (κ2) is 8.25. The molecule has 2 N–H and O–H groups in total. The minimum atomic E-state index is -0.232. The molecule has 7 heteroatoms. The molecule has 138 valence electrons. The van der Waals surface area contributed by atoms with E-state index in [9.17, 15) is 9.18 Å². The summed E-state index contributed by atoms with van der Waals surface area (Å²) in [5, 5.41) is 3.80. The van der Waals surface area contributed by atoms with Crippen LogP contribution in [0, 0.1) is 5.82 Å². The molecule has 3 rings (SSSR count). The van der Waals surface area contributed by atoms with Crippen LogP contribution < -0.4 is 15.1 Å². The second-order valence-corrected chi connectivity index (χ2v) is 7.28. The second-order valence-electron chi connectivity index (χ2n) is 6.43. The first-order valence-corrected chi connectivity index (χ1v) is 9.31. The lowest BCUT2D eigenvalue weighted by Crippen LogP contribution is -3.19. The fourth-order valence-corrected chi connectivity index (χ4v) is 3.65. The van der Waals surface area contributed by atoms with E-state index in [2.05, 4.69) is 5.32 Å². The van der Waals surface area contributed by atoms with Crippen molar-refractivity contribution in [1.82, 2.24) is 0 Å². The standard InChI is InChI=1S/C19H20Cl2FN3O/c1-13(19(26)23-17-7-6-14(20)12-15(17)21)24-8-10-25(11-9-24)18-5-3-2-4-16(18)22/h2-7,12-13H,8-11H2,1H3,(H,23,26)/p+1/t13-/m1/s1. The van der Waals surface area contributed by atoms with Crippen molar-refractivity contribution in [2.24, 2.45) is 0 Å². The van der Waals surface area contributed by atoms with E-state index in [1.54, 1.807) is 30.3 Å². The summed E-state index contributed by atoms with van der Waals surface area (Å²) in [6.07, 6.45) is 0. The van der Waals surface area contributed by atoms with Gasteiger partial charge in [0.2, 0.25) is 0 Å². The lowest BCUT2D eigenvalue weighted by Gasteiger charge is -2.36. The van der Waals surface area contributed by atoms with Crippen molar-refractivity contribution in [3.63, 3.8) is 0 Å². The van der Waals surface area contributed by atoms with E-state index < -0.39 is 0 Å². The summed E-state index contributed by atoms with van der Waals surface area (Å²) in [5.74, 6) is -0.303. The van der Waals surface area contributed by atoms with Gasteiger partial charge in [0.1, 0.15) is 5.82 Å². The van der Waals surface area contributed by atoms with Gasteiger partial charge in [-0.05, 0) is 37.3 Å². The Morgan fingerprint density at radius 2 is 1.88 bits per heavy atom. The molecule has 0 saturated carbocycles. The predicted octanol–water partition coefficient (Wildman–Crippen LogP) is 2.86. The van der Waals surface area contributed by atoms with Gasteiger partial charge in [-0.15, -0.1) is 0 Å². The van der Waals surface area contributed by atoms with Gasteiger partial charge in [0.25, 0.3) is 5.91 Å². The normalized spacial score (nSPS) is 16.4. The summed E-state index contributed by atoms with van der Waals surface area (Å²) >= 11 is 12.0. The van der Waals surface area contributed by atoms with Gasteiger partial charge in [-0.2, -0.15) is 0 Å². The maximum atomic E-state index is 13.9. The van der Waals surface area contributed by atoms with Gasteiger partial charge < -0.3 is 15.1 Å². The van der Waals surface area contributed by atoms with Crippen LogP contribution in [0.2, 0.25) is 10.0 Å².